The molecule has 0 saturated carbocycles. The van der Waals surface area contributed by atoms with E-state index in [9.17, 15) is 0 Å². The molecule has 0 aromatic carbocycles. The highest BCUT2D eigenvalue weighted by atomic mass is 17.0. The average Bonchev–Trinajstić information content (AvgIpc) is 3.51. The summed E-state index contributed by atoms with van der Waals surface area (Å²) in [4.78, 5) is 0. The average molecular weight is 410 g/mol. The Balaban J connectivity index is 1.50. The molecule has 4 heterocycles. The van der Waals surface area contributed by atoms with Gasteiger partial charge in [-0.2, -0.15) is 0 Å². The number of methoxy groups -OCH3 is 1. The van der Waals surface area contributed by atoms with Crippen LogP contribution in [0.2, 0.25) is 0 Å². The summed E-state index contributed by atoms with van der Waals surface area (Å²) in [6.07, 6.45) is -1.59. The Morgan fingerprint density at radius 2 is 1.39 bits per heavy atom. The Morgan fingerprint density at radius 1 is 0.786 bits per heavy atom. The molecule has 0 aromatic rings. The molecular formula is C16H26O12. The Labute approximate surface area is 162 Å². The maximum atomic E-state index is 5.97. The molecule has 4 aliphatic heterocycles. The molecule has 28 heavy (non-hydrogen) atoms. The van der Waals surface area contributed by atoms with Crippen LogP contribution in [-0.2, 0) is 56.8 Å². The summed E-state index contributed by atoms with van der Waals surface area (Å²) in [5.41, 5.74) is 0. The number of hydrogen-bond donors (Lipinski definition) is 0. The van der Waals surface area contributed by atoms with Crippen molar-refractivity contribution in [1.82, 2.24) is 0 Å². The zero-order chi connectivity index (χ0) is 19.3. The first-order valence-electron chi connectivity index (χ1n) is 9.22. The van der Waals surface area contributed by atoms with Crippen molar-refractivity contribution in [2.75, 3.05) is 73.2 Å². The molecule has 0 bridgehead atoms. The van der Waals surface area contributed by atoms with E-state index in [1.807, 2.05) is 0 Å². The van der Waals surface area contributed by atoms with Gasteiger partial charge in [0.15, 0.2) is 6.29 Å². The molecule has 0 aliphatic carbocycles. The first-order valence-corrected chi connectivity index (χ1v) is 9.22. The number of rotatable bonds is 10. The van der Waals surface area contributed by atoms with Crippen molar-refractivity contribution in [2.45, 2.75) is 31.0 Å². The lowest BCUT2D eigenvalue weighted by molar-refractivity contribution is -0.505. The fraction of sp³-hybridized carbons (Fsp3) is 1.00. The topological polar surface area (TPSA) is 111 Å². The maximum absolute atomic E-state index is 5.97. The van der Waals surface area contributed by atoms with Crippen molar-refractivity contribution in [3.8, 4) is 0 Å². The van der Waals surface area contributed by atoms with Crippen molar-refractivity contribution in [3.05, 3.63) is 0 Å². The minimum atomic E-state index is -1.86. The second-order valence-electron chi connectivity index (χ2n) is 6.18. The van der Waals surface area contributed by atoms with Crippen LogP contribution in [0.15, 0.2) is 0 Å². The predicted octanol–water partition coefficient (Wildman–Crippen LogP) is -0.887. The van der Waals surface area contributed by atoms with Gasteiger partial charge in [0, 0.05) is 7.11 Å². The lowest BCUT2D eigenvalue weighted by Crippen LogP contribution is -2.56. The highest BCUT2D eigenvalue weighted by molar-refractivity contribution is 4.72. The van der Waals surface area contributed by atoms with E-state index in [0.29, 0.717) is 52.9 Å². The molecular weight excluding hydrogens is 384 g/mol. The summed E-state index contributed by atoms with van der Waals surface area (Å²) < 4.78 is 67.0. The summed E-state index contributed by atoms with van der Waals surface area (Å²) in [5, 5.41) is 0. The third kappa shape index (κ3) is 4.80. The Morgan fingerprint density at radius 3 is 2.04 bits per heavy atom. The van der Waals surface area contributed by atoms with Crippen LogP contribution in [0.4, 0.5) is 0 Å². The molecule has 12 heteroatoms. The molecule has 4 fully saturated rings. The van der Waals surface area contributed by atoms with Crippen LogP contribution in [0.1, 0.15) is 0 Å². The van der Waals surface area contributed by atoms with Crippen LogP contribution >= 0.6 is 0 Å². The van der Waals surface area contributed by atoms with Gasteiger partial charge in [-0.05, 0) is 0 Å². The Bertz CT molecular complexity index is 468. The van der Waals surface area contributed by atoms with E-state index >= 15 is 0 Å². The standard InChI is InChI=1S/C16H26O12/c1-17-15(24-8-9-25-15)11-27-16(13-20-4-5-21-13,28-14-22-6-7-23-14)26-10-12-18-2-3-19-12/h12-14H,2-11H2,1H3. The second kappa shape index (κ2) is 9.55. The van der Waals surface area contributed by atoms with Crippen LogP contribution in [0.5, 0.6) is 0 Å². The minimum absolute atomic E-state index is 0.00234. The van der Waals surface area contributed by atoms with Crippen LogP contribution in [0.3, 0.4) is 0 Å². The number of ether oxygens (including phenoxy) is 12. The summed E-state index contributed by atoms with van der Waals surface area (Å²) in [6.45, 7) is 1.88. The first-order chi connectivity index (χ1) is 13.7. The summed E-state index contributed by atoms with van der Waals surface area (Å²) in [6, 6.07) is 0. The highest BCUT2D eigenvalue weighted by Gasteiger charge is 2.53. The van der Waals surface area contributed by atoms with Crippen molar-refractivity contribution in [2.24, 2.45) is 0 Å². The van der Waals surface area contributed by atoms with E-state index in [0.717, 1.165) is 0 Å². The molecule has 0 spiro atoms. The van der Waals surface area contributed by atoms with Crippen LogP contribution < -0.4 is 0 Å². The molecule has 162 valence electrons. The van der Waals surface area contributed by atoms with Crippen LogP contribution in [-0.4, -0.2) is 104 Å². The van der Waals surface area contributed by atoms with Gasteiger partial charge in [-0.25, -0.2) is 0 Å². The molecule has 1 unspecified atom stereocenters. The zero-order valence-corrected chi connectivity index (χ0v) is 15.7. The van der Waals surface area contributed by atoms with Gasteiger partial charge in [0.05, 0.1) is 52.9 Å². The largest absolute Gasteiger partial charge is 0.348 e. The Hall–Kier alpha value is -0.480. The van der Waals surface area contributed by atoms with E-state index in [-0.39, 0.29) is 13.2 Å². The van der Waals surface area contributed by atoms with Crippen molar-refractivity contribution in [3.63, 3.8) is 0 Å². The first kappa shape index (κ1) is 20.8. The van der Waals surface area contributed by atoms with Crippen molar-refractivity contribution >= 4 is 0 Å². The molecule has 1 atom stereocenters. The monoisotopic (exact) mass is 410 g/mol. The van der Waals surface area contributed by atoms with Crippen molar-refractivity contribution < 1.29 is 56.8 Å². The smallest absolute Gasteiger partial charge is 0.341 e. The van der Waals surface area contributed by atoms with Crippen molar-refractivity contribution in [1.29, 1.82) is 0 Å². The van der Waals surface area contributed by atoms with E-state index < -0.39 is 31.0 Å². The summed E-state index contributed by atoms with van der Waals surface area (Å²) in [5.74, 6) is -3.25. The molecule has 0 N–H and O–H groups in total. The third-order valence-corrected chi connectivity index (χ3v) is 4.36. The van der Waals surface area contributed by atoms with E-state index in [2.05, 4.69) is 0 Å². The third-order valence-electron chi connectivity index (χ3n) is 4.36. The second-order valence-corrected chi connectivity index (χ2v) is 6.18. The van der Waals surface area contributed by atoms with Gasteiger partial charge in [0.2, 0.25) is 6.29 Å². The van der Waals surface area contributed by atoms with Gasteiger partial charge in [0.1, 0.15) is 13.2 Å². The minimum Gasteiger partial charge on any atom is -0.348 e. The normalized spacial score (nSPS) is 29.0. The molecule has 0 amide bonds. The van der Waals surface area contributed by atoms with Gasteiger partial charge in [-0.1, -0.05) is 0 Å². The predicted molar refractivity (Wildman–Crippen MR) is 84.4 cm³/mol. The fourth-order valence-corrected chi connectivity index (χ4v) is 2.98. The van der Waals surface area contributed by atoms with Crippen LogP contribution in [0.25, 0.3) is 0 Å². The van der Waals surface area contributed by atoms with Gasteiger partial charge >= 0.3 is 11.9 Å². The zero-order valence-electron chi connectivity index (χ0n) is 15.7. The van der Waals surface area contributed by atoms with Gasteiger partial charge in [0.25, 0.3) is 6.48 Å². The Kier molecular flexibility index (Phi) is 7.09. The summed E-state index contributed by atoms with van der Waals surface area (Å²) >= 11 is 0. The molecule has 0 radical (unpaired) electrons. The van der Waals surface area contributed by atoms with Crippen LogP contribution in [0, 0.1) is 0 Å². The molecule has 0 aromatic heterocycles. The molecule has 12 nitrogen and oxygen atoms in total. The van der Waals surface area contributed by atoms with Gasteiger partial charge in [-0.3, -0.25) is 4.74 Å². The quantitative estimate of drug-likeness (QED) is 0.417. The van der Waals surface area contributed by atoms with E-state index in [1.54, 1.807) is 0 Å². The van der Waals surface area contributed by atoms with E-state index in [1.165, 1.54) is 7.11 Å². The highest BCUT2D eigenvalue weighted by Crippen LogP contribution is 2.33. The van der Waals surface area contributed by atoms with E-state index in [4.69, 9.17) is 56.8 Å². The molecule has 4 aliphatic rings. The van der Waals surface area contributed by atoms with Gasteiger partial charge < -0.3 is 52.1 Å². The molecule has 4 saturated heterocycles. The van der Waals surface area contributed by atoms with Gasteiger partial charge in [-0.15, -0.1) is 0 Å². The lowest BCUT2D eigenvalue weighted by atomic mass is 10.4. The lowest BCUT2D eigenvalue weighted by Gasteiger charge is -2.39. The maximum Gasteiger partial charge on any atom is 0.341 e. The SMILES string of the molecule is COC1(COC(OCC2OCCO2)(OC2OCCO2)C2OCCO2)OCCO1. The number of hydrogen-bond acceptors (Lipinski definition) is 12. The molecule has 4 rings (SSSR count). The summed E-state index contributed by atoms with van der Waals surface area (Å²) in [7, 11) is 1.45. The fourth-order valence-electron chi connectivity index (χ4n) is 2.98.